The molecule has 0 radical (unpaired) electrons. The number of methoxy groups -OCH3 is 3. The number of nitrogens with zero attached hydrogens (tertiary/aromatic N) is 1. The smallest absolute Gasteiger partial charge is 0.339 e. The first-order valence-electron chi connectivity index (χ1n) is 14.9. The van der Waals surface area contributed by atoms with Crippen LogP contribution in [0, 0.1) is 0 Å². The molecule has 47 heavy (non-hydrogen) atoms. The summed E-state index contributed by atoms with van der Waals surface area (Å²) < 4.78 is 21.5. The monoisotopic (exact) mass is 674 g/mol. The van der Waals surface area contributed by atoms with Crippen LogP contribution in [0.3, 0.4) is 0 Å². The maximum atomic E-state index is 13.9. The van der Waals surface area contributed by atoms with Crippen molar-refractivity contribution >= 4 is 46.8 Å². The summed E-state index contributed by atoms with van der Waals surface area (Å²) in [7, 11) is 4.42. The molecule has 2 amide bonds. The first-order chi connectivity index (χ1) is 22.8. The molecule has 2 atom stereocenters. The highest BCUT2D eigenvalue weighted by Crippen LogP contribution is 2.47. The Hall–Kier alpha value is -4.67. The Morgan fingerprint density at radius 2 is 1.62 bits per heavy atom. The van der Waals surface area contributed by atoms with Gasteiger partial charge in [-0.15, -0.1) is 11.8 Å². The van der Waals surface area contributed by atoms with Gasteiger partial charge < -0.3 is 24.3 Å². The molecule has 4 aromatic rings. The lowest BCUT2D eigenvalue weighted by atomic mass is 10.1. The molecule has 1 saturated heterocycles. The molecular weight excluding hydrogens is 640 g/mol. The van der Waals surface area contributed by atoms with Gasteiger partial charge in [0.25, 0.3) is 0 Å². The average molecular weight is 675 g/mol. The first kappa shape index (κ1) is 33.7. The minimum absolute atomic E-state index is 0.0157. The number of carbonyl (C=O) groups excluding carboxylic acids is 3. The Morgan fingerprint density at radius 1 is 0.872 bits per heavy atom. The molecule has 0 saturated carbocycles. The minimum atomic E-state index is -0.660. The normalized spacial score (nSPS) is 15.7. The van der Waals surface area contributed by atoms with Crippen molar-refractivity contribution in [2.24, 2.45) is 0 Å². The number of anilines is 1. The summed E-state index contributed by atoms with van der Waals surface area (Å²) in [6.07, 6.45) is 0.560. The van der Waals surface area contributed by atoms with Gasteiger partial charge in [0.1, 0.15) is 17.7 Å². The Balaban J connectivity index is 1.31. The van der Waals surface area contributed by atoms with E-state index in [0.717, 1.165) is 16.7 Å². The van der Waals surface area contributed by atoms with Crippen LogP contribution in [0.1, 0.15) is 38.8 Å². The van der Waals surface area contributed by atoms with Crippen molar-refractivity contribution in [1.82, 2.24) is 5.32 Å². The van der Waals surface area contributed by atoms with E-state index in [1.165, 1.54) is 18.9 Å². The lowest BCUT2D eigenvalue weighted by molar-refractivity contribution is -0.124. The number of nitrogens with one attached hydrogen (secondary N) is 1. The van der Waals surface area contributed by atoms with Gasteiger partial charge in [-0.2, -0.15) is 0 Å². The van der Waals surface area contributed by atoms with Gasteiger partial charge in [-0.3, -0.25) is 14.5 Å². The number of rotatable bonds is 13. The molecular formula is C36H35ClN2O7S. The van der Waals surface area contributed by atoms with Gasteiger partial charge in [0.05, 0.1) is 37.2 Å². The van der Waals surface area contributed by atoms with Crippen LogP contribution in [-0.2, 0) is 27.4 Å². The van der Waals surface area contributed by atoms with Gasteiger partial charge in [-0.25, -0.2) is 4.79 Å². The number of carbonyl (C=O) groups is 3. The van der Waals surface area contributed by atoms with E-state index in [4.69, 9.17) is 30.5 Å². The van der Waals surface area contributed by atoms with E-state index in [-0.39, 0.29) is 28.8 Å². The van der Waals surface area contributed by atoms with E-state index in [9.17, 15) is 14.4 Å². The average Bonchev–Trinajstić information content (AvgIpc) is 3.42. The molecule has 1 aliphatic rings. The zero-order valence-electron chi connectivity index (χ0n) is 26.2. The highest BCUT2D eigenvalue weighted by Gasteiger charge is 2.43. The third kappa shape index (κ3) is 8.19. The second-order valence-electron chi connectivity index (χ2n) is 10.7. The molecule has 11 heteroatoms. The molecule has 0 spiro atoms. The molecule has 1 aliphatic heterocycles. The van der Waals surface area contributed by atoms with Crippen molar-refractivity contribution < 1.29 is 33.3 Å². The Morgan fingerprint density at radius 3 is 2.32 bits per heavy atom. The fourth-order valence-corrected chi connectivity index (χ4v) is 6.84. The van der Waals surface area contributed by atoms with E-state index in [2.05, 4.69) is 5.32 Å². The Labute approximate surface area is 283 Å². The predicted octanol–water partition coefficient (Wildman–Crippen LogP) is 6.62. The zero-order valence-corrected chi connectivity index (χ0v) is 27.8. The van der Waals surface area contributed by atoms with Crippen LogP contribution in [0.5, 0.6) is 17.2 Å². The van der Waals surface area contributed by atoms with Crippen LogP contribution in [-0.4, -0.2) is 50.9 Å². The van der Waals surface area contributed by atoms with Crippen molar-refractivity contribution in [3.63, 3.8) is 0 Å². The highest BCUT2D eigenvalue weighted by atomic mass is 35.5. The summed E-state index contributed by atoms with van der Waals surface area (Å²) in [6, 6.07) is 27.8. The van der Waals surface area contributed by atoms with Crippen LogP contribution in [0.4, 0.5) is 5.69 Å². The largest absolute Gasteiger partial charge is 0.493 e. The van der Waals surface area contributed by atoms with E-state index in [1.807, 2.05) is 72.8 Å². The SMILES string of the molecule is COC(=O)c1cc(N2C(=O)[C@@H](CC(=O)NCCc3ccc(OC)c(OC)c3)S[C@H]2c2ccc(OCc3ccccc3)cc2)ccc1Cl. The summed E-state index contributed by atoms with van der Waals surface area (Å²) >= 11 is 7.67. The lowest BCUT2D eigenvalue weighted by Crippen LogP contribution is -2.34. The molecule has 244 valence electrons. The fraction of sp³-hybridized carbons (Fsp3) is 0.250. The third-order valence-electron chi connectivity index (χ3n) is 7.64. The van der Waals surface area contributed by atoms with Crippen molar-refractivity contribution in [2.45, 2.75) is 30.1 Å². The molecule has 0 bridgehead atoms. The molecule has 9 nitrogen and oxygen atoms in total. The van der Waals surface area contributed by atoms with E-state index >= 15 is 0 Å². The van der Waals surface area contributed by atoms with Gasteiger partial charge >= 0.3 is 5.97 Å². The van der Waals surface area contributed by atoms with Crippen LogP contribution in [0.2, 0.25) is 5.02 Å². The second kappa shape index (κ2) is 15.8. The van der Waals surface area contributed by atoms with Gasteiger partial charge in [-0.05, 0) is 65.6 Å². The minimum Gasteiger partial charge on any atom is -0.493 e. The van der Waals surface area contributed by atoms with Crippen molar-refractivity contribution in [3.8, 4) is 17.2 Å². The van der Waals surface area contributed by atoms with Crippen molar-refractivity contribution in [2.75, 3.05) is 32.8 Å². The standard InChI is InChI=1S/C36H35ClN2O7S/c1-43-30-16-9-23(19-31(30)44-2)17-18-38-33(40)21-32-34(41)39(26-12-15-29(37)28(20-26)36(42)45-3)35(47-32)25-10-13-27(14-11-25)46-22-24-7-5-4-6-8-24/h4-16,19-20,32,35H,17-18,21-22H2,1-3H3,(H,38,40)/t32-,35+/m1/s1. The molecule has 4 aromatic carbocycles. The molecule has 1 fully saturated rings. The summed E-state index contributed by atoms with van der Waals surface area (Å²) in [5.74, 6) is 0.820. The van der Waals surface area contributed by atoms with Crippen LogP contribution >= 0.6 is 23.4 Å². The maximum absolute atomic E-state index is 13.9. The summed E-state index contributed by atoms with van der Waals surface area (Å²) in [4.78, 5) is 41.0. The van der Waals surface area contributed by atoms with Gasteiger partial charge in [0.15, 0.2) is 11.5 Å². The molecule has 0 aromatic heterocycles. The number of benzene rings is 4. The maximum Gasteiger partial charge on any atom is 0.339 e. The van der Waals surface area contributed by atoms with Crippen LogP contribution in [0.15, 0.2) is 91.0 Å². The van der Waals surface area contributed by atoms with Crippen LogP contribution < -0.4 is 24.4 Å². The van der Waals surface area contributed by atoms with Crippen LogP contribution in [0.25, 0.3) is 0 Å². The second-order valence-corrected chi connectivity index (χ2v) is 12.4. The molecule has 0 unspecified atom stereocenters. The lowest BCUT2D eigenvalue weighted by Gasteiger charge is -2.25. The number of amides is 2. The van der Waals surface area contributed by atoms with Gasteiger partial charge in [0.2, 0.25) is 11.8 Å². The summed E-state index contributed by atoms with van der Waals surface area (Å²) in [5, 5.41) is 2.02. The number of ether oxygens (including phenoxy) is 4. The molecule has 5 rings (SSSR count). The van der Waals surface area contributed by atoms with E-state index in [1.54, 1.807) is 37.3 Å². The van der Waals surface area contributed by atoms with Crippen molar-refractivity contribution in [3.05, 3.63) is 118 Å². The van der Waals surface area contributed by atoms with Gasteiger partial charge in [0, 0.05) is 18.7 Å². The first-order valence-corrected chi connectivity index (χ1v) is 16.2. The highest BCUT2D eigenvalue weighted by molar-refractivity contribution is 8.01. The quantitative estimate of drug-likeness (QED) is 0.158. The molecule has 1 N–H and O–H groups in total. The van der Waals surface area contributed by atoms with Gasteiger partial charge in [-0.1, -0.05) is 60.1 Å². The number of hydrogen-bond acceptors (Lipinski definition) is 8. The molecule has 0 aliphatic carbocycles. The Kier molecular flexibility index (Phi) is 11.3. The van der Waals surface area contributed by atoms with E-state index in [0.29, 0.717) is 42.5 Å². The third-order valence-corrected chi connectivity index (χ3v) is 9.41. The fourth-order valence-electron chi connectivity index (χ4n) is 5.19. The molecule has 1 heterocycles. The topological polar surface area (TPSA) is 103 Å². The van der Waals surface area contributed by atoms with Crippen molar-refractivity contribution in [1.29, 1.82) is 0 Å². The summed E-state index contributed by atoms with van der Waals surface area (Å²) in [5.41, 5.74) is 3.47. The number of esters is 1. The number of thioether (sulfide) groups is 1. The number of halogens is 1. The summed E-state index contributed by atoms with van der Waals surface area (Å²) in [6.45, 7) is 0.810. The zero-order chi connectivity index (χ0) is 33.3. The predicted molar refractivity (Wildman–Crippen MR) is 182 cm³/mol. The number of hydrogen-bond donors (Lipinski definition) is 1. The van der Waals surface area contributed by atoms with E-state index < -0.39 is 16.6 Å². The Bertz CT molecular complexity index is 1720.